The van der Waals surface area contributed by atoms with Crippen molar-refractivity contribution in [3.8, 4) is 0 Å². The summed E-state index contributed by atoms with van der Waals surface area (Å²) in [6, 6.07) is 4.42. The molecule has 1 aromatic rings. The molecule has 9 heteroatoms. The molecule has 0 saturated carbocycles. The van der Waals surface area contributed by atoms with E-state index < -0.39 is 17.7 Å². The van der Waals surface area contributed by atoms with Gasteiger partial charge < -0.3 is 14.5 Å². The molecule has 1 heterocycles. The summed E-state index contributed by atoms with van der Waals surface area (Å²) in [6.07, 6.45) is -3.19. The van der Waals surface area contributed by atoms with Gasteiger partial charge in [-0.05, 0) is 31.0 Å². The third kappa shape index (κ3) is 6.24. The van der Waals surface area contributed by atoms with E-state index in [1.807, 2.05) is 0 Å². The molecule has 28 heavy (non-hydrogen) atoms. The predicted molar refractivity (Wildman–Crippen MR) is 93.9 cm³/mol. The Bertz CT molecular complexity index is 704. The number of esters is 1. The Hall–Kier alpha value is -2.58. The normalized spacial score (nSPS) is 14.3. The topological polar surface area (TPSA) is 66.9 Å². The van der Waals surface area contributed by atoms with E-state index in [1.54, 1.807) is 11.8 Å². The van der Waals surface area contributed by atoms with Crippen LogP contribution < -0.4 is 0 Å². The van der Waals surface area contributed by atoms with Crippen molar-refractivity contribution in [3.63, 3.8) is 0 Å². The molecule has 1 aromatic carbocycles. The van der Waals surface area contributed by atoms with Gasteiger partial charge in [-0.15, -0.1) is 0 Å². The summed E-state index contributed by atoms with van der Waals surface area (Å²) >= 11 is 0. The average molecular weight is 400 g/mol. The number of carbonyl (C=O) groups is 3. The van der Waals surface area contributed by atoms with E-state index in [9.17, 15) is 27.6 Å². The summed E-state index contributed by atoms with van der Waals surface area (Å²) in [4.78, 5) is 38.9. The minimum Gasteiger partial charge on any atom is -0.465 e. The van der Waals surface area contributed by atoms with Gasteiger partial charge in [0.05, 0.1) is 12.2 Å². The minimum atomic E-state index is -4.44. The molecule has 1 fully saturated rings. The lowest BCUT2D eigenvalue weighted by Gasteiger charge is -2.23. The molecule has 0 unspecified atom stereocenters. The number of amides is 2. The van der Waals surface area contributed by atoms with Crippen molar-refractivity contribution in [1.82, 2.24) is 9.80 Å². The molecule has 6 nitrogen and oxygen atoms in total. The molecular weight excluding hydrogens is 377 g/mol. The summed E-state index contributed by atoms with van der Waals surface area (Å²) in [6.45, 7) is 2.32. The number of hydrogen-bond donors (Lipinski definition) is 0. The summed E-state index contributed by atoms with van der Waals surface area (Å²) in [5.41, 5.74) is -0.324. The van der Waals surface area contributed by atoms with Gasteiger partial charge in [-0.1, -0.05) is 12.1 Å². The summed E-state index contributed by atoms with van der Waals surface area (Å²) in [7, 11) is 0. The zero-order chi connectivity index (χ0) is 20.7. The predicted octanol–water partition coefficient (Wildman–Crippen LogP) is 2.61. The van der Waals surface area contributed by atoms with Gasteiger partial charge >= 0.3 is 12.1 Å². The Labute approximate surface area is 161 Å². The number of rotatable bonds is 8. The van der Waals surface area contributed by atoms with Crippen LogP contribution in [0.5, 0.6) is 0 Å². The molecule has 0 spiro atoms. The Morgan fingerprint density at radius 2 is 1.89 bits per heavy atom. The van der Waals surface area contributed by atoms with E-state index in [2.05, 4.69) is 0 Å². The molecule has 0 N–H and O–H groups in total. The largest absolute Gasteiger partial charge is 0.465 e. The van der Waals surface area contributed by atoms with Gasteiger partial charge in [0.2, 0.25) is 11.8 Å². The average Bonchev–Trinajstić information content (AvgIpc) is 3.04. The minimum absolute atomic E-state index is 0.00696. The van der Waals surface area contributed by atoms with E-state index >= 15 is 0 Å². The maximum absolute atomic E-state index is 12.7. The number of likely N-dealkylation sites (tertiary alicyclic amines) is 1. The first-order valence-electron chi connectivity index (χ1n) is 9.08. The molecule has 0 radical (unpaired) electrons. The van der Waals surface area contributed by atoms with Gasteiger partial charge in [-0.25, -0.2) is 0 Å². The van der Waals surface area contributed by atoms with E-state index in [0.717, 1.165) is 18.6 Å². The van der Waals surface area contributed by atoms with Gasteiger partial charge in [0.1, 0.15) is 6.54 Å². The molecule has 0 atom stereocenters. The molecular formula is C19H23F3N2O4. The maximum atomic E-state index is 12.7. The Balaban J connectivity index is 2.04. The maximum Gasteiger partial charge on any atom is 0.416 e. The van der Waals surface area contributed by atoms with Crippen LogP contribution in [0.4, 0.5) is 13.2 Å². The van der Waals surface area contributed by atoms with Crippen molar-refractivity contribution in [2.45, 2.75) is 38.9 Å². The first-order chi connectivity index (χ1) is 13.2. The fourth-order valence-corrected chi connectivity index (χ4v) is 2.94. The molecule has 0 aromatic heterocycles. The van der Waals surface area contributed by atoms with Crippen LogP contribution in [-0.2, 0) is 31.8 Å². The van der Waals surface area contributed by atoms with Crippen LogP contribution in [0.2, 0.25) is 0 Å². The Morgan fingerprint density at radius 3 is 2.43 bits per heavy atom. The second kappa shape index (κ2) is 9.57. The lowest BCUT2D eigenvalue weighted by molar-refractivity contribution is -0.149. The van der Waals surface area contributed by atoms with Gasteiger partial charge in [0.25, 0.3) is 0 Å². The second-order valence-corrected chi connectivity index (χ2v) is 6.48. The van der Waals surface area contributed by atoms with E-state index in [4.69, 9.17) is 4.74 Å². The fraction of sp³-hybridized carbons (Fsp3) is 0.526. The van der Waals surface area contributed by atoms with Crippen LogP contribution >= 0.6 is 0 Å². The standard InChI is InChI=1S/C19H23F3N2O4/c1-2-28-18(27)13-24(17(26)9-11-23-10-3-4-16(23)25)12-14-5-7-15(8-6-14)19(20,21)22/h5-8H,2-4,9-13H2,1H3. The molecule has 2 amide bonds. The summed E-state index contributed by atoms with van der Waals surface area (Å²) in [5, 5.41) is 0. The fourth-order valence-electron chi connectivity index (χ4n) is 2.94. The van der Waals surface area contributed by atoms with Gasteiger partial charge in [-0.3, -0.25) is 14.4 Å². The Kier molecular flexibility index (Phi) is 7.42. The molecule has 1 aliphatic heterocycles. The highest BCUT2D eigenvalue weighted by molar-refractivity contribution is 5.83. The van der Waals surface area contributed by atoms with Gasteiger partial charge in [-0.2, -0.15) is 13.2 Å². The van der Waals surface area contributed by atoms with Crippen LogP contribution in [0.15, 0.2) is 24.3 Å². The van der Waals surface area contributed by atoms with Crippen molar-refractivity contribution in [2.75, 3.05) is 26.2 Å². The lowest BCUT2D eigenvalue weighted by Crippen LogP contribution is -2.38. The quantitative estimate of drug-likeness (QED) is 0.629. The summed E-state index contributed by atoms with van der Waals surface area (Å²) in [5.74, 6) is -0.972. The number of benzene rings is 1. The van der Waals surface area contributed by atoms with Crippen LogP contribution in [-0.4, -0.2) is 53.8 Å². The third-order valence-electron chi connectivity index (χ3n) is 4.40. The first-order valence-corrected chi connectivity index (χ1v) is 9.08. The second-order valence-electron chi connectivity index (χ2n) is 6.48. The Morgan fingerprint density at radius 1 is 1.21 bits per heavy atom. The first kappa shape index (κ1) is 21.7. The zero-order valence-corrected chi connectivity index (χ0v) is 15.6. The highest BCUT2D eigenvalue weighted by atomic mass is 19.4. The molecule has 0 aliphatic carbocycles. The van der Waals surface area contributed by atoms with E-state index in [0.29, 0.717) is 18.5 Å². The van der Waals surface area contributed by atoms with Crippen LogP contribution in [0.3, 0.4) is 0 Å². The van der Waals surface area contributed by atoms with Crippen molar-refractivity contribution in [3.05, 3.63) is 35.4 Å². The molecule has 0 bridgehead atoms. The SMILES string of the molecule is CCOC(=O)CN(Cc1ccc(C(F)(F)F)cc1)C(=O)CCN1CCCC1=O. The monoisotopic (exact) mass is 400 g/mol. The highest BCUT2D eigenvalue weighted by Gasteiger charge is 2.30. The van der Waals surface area contributed by atoms with Crippen LogP contribution in [0.25, 0.3) is 0 Å². The number of halogens is 3. The molecule has 154 valence electrons. The zero-order valence-electron chi connectivity index (χ0n) is 15.6. The number of ether oxygens (including phenoxy) is 1. The number of nitrogens with zero attached hydrogens (tertiary/aromatic N) is 2. The van der Waals surface area contributed by atoms with E-state index in [1.165, 1.54) is 17.0 Å². The van der Waals surface area contributed by atoms with Gasteiger partial charge in [0, 0.05) is 32.5 Å². The number of carbonyl (C=O) groups excluding carboxylic acids is 3. The van der Waals surface area contributed by atoms with Crippen molar-refractivity contribution >= 4 is 17.8 Å². The van der Waals surface area contributed by atoms with E-state index in [-0.39, 0.29) is 44.5 Å². The summed E-state index contributed by atoms with van der Waals surface area (Å²) < 4.78 is 42.9. The molecule has 1 aliphatic rings. The van der Waals surface area contributed by atoms with Crippen molar-refractivity contribution in [1.29, 1.82) is 0 Å². The third-order valence-corrected chi connectivity index (χ3v) is 4.40. The lowest BCUT2D eigenvalue weighted by atomic mass is 10.1. The smallest absolute Gasteiger partial charge is 0.416 e. The number of alkyl halides is 3. The van der Waals surface area contributed by atoms with Crippen LogP contribution in [0.1, 0.15) is 37.3 Å². The highest BCUT2D eigenvalue weighted by Crippen LogP contribution is 2.29. The van der Waals surface area contributed by atoms with Crippen molar-refractivity contribution < 1.29 is 32.3 Å². The number of hydrogen-bond acceptors (Lipinski definition) is 4. The molecule has 1 saturated heterocycles. The van der Waals surface area contributed by atoms with Crippen molar-refractivity contribution in [2.24, 2.45) is 0 Å². The molecule has 2 rings (SSSR count). The van der Waals surface area contributed by atoms with Gasteiger partial charge in [0.15, 0.2) is 0 Å². The van der Waals surface area contributed by atoms with Crippen LogP contribution in [0, 0.1) is 0 Å².